The summed E-state index contributed by atoms with van der Waals surface area (Å²) in [6, 6.07) is 12.7. The molecule has 1 N–H and O–H groups in total. The molecule has 2 aromatic carbocycles. The summed E-state index contributed by atoms with van der Waals surface area (Å²) < 4.78 is 30.2. The van der Waals surface area contributed by atoms with Gasteiger partial charge in [0.15, 0.2) is 11.6 Å². The van der Waals surface area contributed by atoms with Crippen LogP contribution in [0.1, 0.15) is 44.1 Å². The molecule has 2 unspecified atom stereocenters. The Bertz CT molecular complexity index is 1240. The highest BCUT2D eigenvalue weighted by molar-refractivity contribution is 5.95. The Morgan fingerprint density at radius 2 is 1.86 bits per heavy atom. The van der Waals surface area contributed by atoms with Crippen LogP contribution in [0.15, 0.2) is 48.7 Å². The molecule has 1 amide bonds. The van der Waals surface area contributed by atoms with Crippen molar-refractivity contribution in [2.24, 2.45) is 17.3 Å². The van der Waals surface area contributed by atoms with Gasteiger partial charge in [-0.05, 0) is 84.9 Å². The molecule has 2 fully saturated rings. The summed E-state index contributed by atoms with van der Waals surface area (Å²) in [7, 11) is 3.10. The topological polar surface area (TPSA) is 69.7 Å². The predicted octanol–water partition coefficient (Wildman–Crippen LogP) is 5.96. The van der Waals surface area contributed by atoms with Crippen LogP contribution in [-0.2, 0) is 9.53 Å². The number of pyridine rings is 1. The summed E-state index contributed by atoms with van der Waals surface area (Å²) in [6.45, 7) is 3.22. The SMILES string of the molecule is COCCOc1ccc(NC(=O)C2C(C)C23CCC(c2ccnc4cc(OC)c(F)cc24)CC3)cc1. The normalized spacial score (nSPS) is 25.1. The van der Waals surface area contributed by atoms with Gasteiger partial charge in [-0.25, -0.2) is 4.39 Å². The van der Waals surface area contributed by atoms with Gasteiger partial charge >= 0.3 is 0 Å². The summed E-state index contributed by atoms with van der Waals surface area (Å²) in [5, 5.41) is 3.95. The Hall–Kier alpha value is -3.19. The van der Waals surface area contributed by atoms with Crippen LogP contribution in [0.3, 0.4) is 0 Å². The van der Waals surface area contributed by atoms with Crippen LogP contribution in [0.5, 0.6) is 11.5 Å². The summed E-state index contributed by atoms with van der Waals surface area (Å²) in [4.78, 5) is 17.6. The third-order valence-corrected chi connectivity index (χ3v) is 8.28. The van der Waals surface area contributed by atoms with E-state index in [4.69, 9.17) is 14.2 Å². The molecule has 1 spiro atoms. The molecule has 7 heteroatoms. The van der Waals surface area contributed by atoms with Crippen molar-refractivity contribution in [1.82, 2.24) is 4.98 Å². The maximum absolute atomic E-state index is 14.5. The van der Waals surface area contributed by atoms with E-state index >= 15 is 0 Å². The molecule has 0 bridgehead atoms. The molecule has 3 aromatic rings. The lowest BCUT2D eigenvalue weighted by molar-refractivity contribution is -0.118. The maximum Gasteiger partial charge on any atom is 0.228 e. The molecule has 5 rings (SSSR count). The third-order valence-electron chi connectivity index (χ3n) is 8.28. The largest absolute Gasteiger partial charge is 0.494 e. The lowest BCUT2D eigenvalue weighted by Crippen LogP contribution is -2.22. The average molecular weight is 493 g/mol. The minimum absolute atomic E-state index is 0.0203. The number of nitrogens with zero attached hydrogens (tertiary/aromatic N) is 1. The number of nitrogens with one attached hydrogen (secondary N) is 1. The van der Waals surface area contributed by atoms with Crippen molar-refractivity contribution in [3.05, 3.63) is 60.0 Å². The number of amides is 1. The minimum Gasteiger partial charge on any atom is -0.494 e. The molecular weight excluding hydrogens is 459 g/mol. The highest BCUT2D eigenvalue weighted by Crippen LogP contribution is 2.67. The molecule has 6 nitrogen and oxygen atoms in total. The van der Waals surface area contributed by atoms with Gasteiger partial charge in [0, 0.05) is 36.4 Å². The van der Waals surface area contributed by atoms with Gasteiger partial charge in [0.2, 0.25) is 5.91 Å². The zero-order valence-corrected chi connectivity index (χ0v) is 21.1. The molecule has 0 radical (unpaired) electrons. The van der Waals surface area contributed by atoms with Gasteiger partial charge in [-0.15, -0.1) is 0 Å². The Labute approximate surface area is 211 Å². The van der Waals surface area contributed by atoms with Crippen LogP contribution in [0.25, 0.3) is 10.9 Å². The van der Waals surface area contributed by atoms with Crippen LogP contribution in [0.4, 0.5) is 10.1 Å². The Balaban J connectivity index is 1.22. The number of benzene rings is 2. The van der Waals surface area contributed by atoms with Gasteiger partial charge < -0.3 is 19.5 Å². The molecule has 190 valence electrons. The predicted molar refractivity (Wildman–Crippen MR) is 137 cm³/mol. The quantitative estimate of drug-likeness (QED) is 0.393. The van der Waals surface area contributed by atoms with E-state index in [0.717, 1.165) is 53.6 Å². The van der Waals surface area contributed by atoms with E-state index in [1.54, 1.807) is 25.4 Å². The fourth-order valence-electron chi connectivity index (χ4n) is 6.20. The Kier molecular flexibility index (Phi) is 6.84. The number of carbonyl (C=O) groups excluding carboxylic acids is 1. The molecule has 2 aliphatic carbocycles. The number of fused-ring (bicyclic) bond motifs is 1. The first-order chi connectivity index (χ1) is 17.5. The molecule has 1 heterocycles. The number of methoxy groups -OCH3 is 2. The van der Waals surface area contributed by atoms with Crippen LogP contribution in [0.2, 0.25) is 0 Å². The van der Waals surface area contributed by atoms with Gasteiger partial charge in [-0.3, -0.25) is 9.78 Å². The maximum atomic E-state index is 14.5. The van der Waals surface area contributed by atoms with Crippen LogP contribution in [-0.4, -0.2) is 38.3 Å². The number of ether oxygens (including phenoxy) is 3. The molecule has 1 aromatic heterocycles. The second-order valence-electron chi connectivity index (χ2n) is 10.0. The third kappa shape index (κ3) is 4.52. The number of rotatable bonds is 8. The first-order valence-electron chi connectivity index (χ1n) is 12.6. The Morgan fingerprint density at radius 1 is 1.11 bits per heavy atom. The number of halogens is 1. The zero-order chi connectivity index (χ0) is 25.3. The first-order valence-corrected chi connectivity index (χ1v) is 12.6. The number of carbonyl (C=O) groups is 1. The molecule has 2 aliphatic rings. The highest BCUT2D eigenvalue weighted by Gasteiger charge is 2.65. The fourth-order valence-corrected chi connectivity index (χ4v) is 6.20. The van der Waals surface area contributed by atoms with Crippen molar-refractivity contribution in [3.8, 4) is 11.5 Å². The standard InChI is InChI=1S/C29H33FN2O4/c1-18-27(28(33)32-20-4-6-21(7-5-20)36-15-14-34-2)29(18)11-8-19(9-12-29)22-10-13-31-25-17-26(35-3)24(30)16-23(22)25/h4-7,10,13,16-19,27H,8-9,11-12,14-15H2,1-3H3,(H,32,33). The molecule has 2 atom stereocenters. The molecular formula is C29H33FN2O4. The monoisotopic (exact) mass is 492 g/mol. The van der Waals surface area contributed by atoms with E-state index in [-0.39, 0.29) is 28.8 Å². The van der Waals surface area contributed by atoms with Crippen LogP contribution >= 0.6 is 0 Å². The number of aromatic nitrogens is 1. The second-order valence-corrected chi connectivity index (χ2v) is 10.0. The van der Waals surface area contributed by atoms with Crippen molar-refractivity contribution >= 4 is 22.5 Å². The zero-order valence-electron chi connectivity index (χ0n) is 21.1. The molecule has 36 heavy (non-hydrogen) atoms. The number of anilines is 1. The lowest BCUT2D eigenvalue weighted by atomic mass is 9.74. The van der Waals surface area contributed by atoms with Gasteiger partial charge in [0.05, 0.1) is 19.2 Å². The van der Waals surface area contributed by atoms with Crippen LogP contribution in [0, 0.1) is 23.1 Å². The van der Waals surface area contributed by atoms with E-state index in [0.29, 0.717) is 25.0 Å². The summed E-state index contributed by atoms with van der Waals surface area (Å²) in [6.07, 6.45) is 5.74. The number of hydrogen-bond donors (Lipinski definition) is 1. The van der Waals surface area contributed by atoms with Crippen molar-refractivity contribution in [1.29, 1.82) is 0 Å². The van der Waals surface area contributed by atoms with Crippen molar-refractivity contribution in [2.75, 3.05) is 32.8 Å². The van der Waals surface area contributed by atoms with Gasteiger partial charge in [-0.2, -0.15) is 0 Å². The molecule has 0 saturated heterocycles. The summed E-state index contributed by atoms with van der Waals surface area (Å²) in [5.74, 6) is 1.39. The number of hydrogen-bond acceptors (Lipinski definition) is 5. The van der Waals surface area contributed by atoms with Crippen molar-refractivity contribution < 1.29 is 23.4 Å². The van der Waals surface area contributed by atoms with Gasteiger partial charge in [-0.1, -0.05) is 6.92 Å². The van der Waals surface area contributed by atoms with E-state index in [1.807, 2.05) is 30.3 Å². The fraction of sp³-hybridized carbons (Fsp3) is 0.448. The lowest BCUT2D eigenvalue weighted by Gasteiger charge is -2.31. The van der Waals surface area contributed by atoms with Crippen molar-refractivity contribution in [3.63, 3.8) is 0 Å². The van der Waals surface area contributed by atoms with Crippen molar-refractivity contribution in [2.45, 2.75) is 38.5 Å². The van der Waals surface area contributed by atoms with Gasteiger partial charge in [0.1, 0.15) is 12.4 Å². The van der Waals surface area contributed by atoms with E-state index in [9.17, 15) is 9.18 Å². The smallest absolute Gasteiger partial charge is 0.228 e. The first kappa shape index (κ1) is 24.5. The highest BCUT2D eigenvalue weighted by atomic mass is 19.1. The van der Waals surface area contributed by atoms with E-state index in [2.05, 4.69) is 17.2 Å². The van der Waals surface area contributed by atoms with E-state index in [1.165, 1.54) is 7.11 Å². The average Bonchev–Trinajstić information content (AvgIpc) is 3.46. The van der Waals surface area contributed by atoms with E-state index < -0.39 is 0 Å². The minimum atomic E-state index is -0.367. The van der Waals surface area contributed by atoms with Crippen LogP contribution < -0.4 is 14.8 Å². The molecule has 2 saturated carbocycles. The van der Waals surface area contributed by atoms with Gasteiger partial charge in [0.25, 0.3) is 0 Å². The second kappa shape index (κ2) is 10.1. The summed E-state index contributed by atoms with van der Waals surface area (Å²) in [5.41, 5.74) is 2.72. The Morgan fingerprint density at radius 3 is 2.56 bits per heavy atom. The molecule has 0 aliphatic heterocycles. The summed E-state index contributed by atoms with van der Waals surface area (Å²) >= 11 is 0.